The SMILES string of the molecule is COc1cc(NC(=O)CSc2nc(-c3ccccc3)c(C#N)c(N3CCC(Oc4no[n+]([O-])c4S(=O)(=O)c4ccccc4)CC3)n2)cc(OC)c1OC. The molecule has 1 amide bonds. The van der Waals surface area contributed by atoms with Crippen molar-refractivity contribution >= 4 is 39.0 Å². The van der Waals surface area contributed by atoms with E-state index >= 15 is 0 Å². The van der Waals surface area contributed by atoms with Gasteiger partial charge in [0.15, 0.2) is 22.5 Å². The first kappa shape index (κ1) is 36.7. The summed E-state index contributed by atoms with van der Waals surface area (Å²) in [6, 6.07) is 22.1. The zero-order valence-corrected chi connectivity index (χ0v) is 30.3. The Morgan fingerprint density at radius 3 is 2.26 bits per heavy atom. The lowest BCUT2D eigenvalue weighted by molar-refractivity contribution is -0.832. The largest absolute Gasteiger partial charge is 0.493 e. The summed E-state index contributed by atoms with van der Waals surface area (Å²) in [5.74, 6) is 0.680. The van der Waals surface area contributed by atoms with Crippen molar-refractivity contribution < 1.29 is 41.7 Å². The van der Waals surface area contributed by atoms with Crippen LogP contribution in [0.5, 0.6) is 23.1 Å². The number of sulfone groups is 1. The molecule has 1 aliphatic rings. The summed E-state index contributed by atoms with van der Waals surface area (Å²) in [5, 5.41) is 28.7. The van der Waals surface area contributed by atoms with E-state index in [1.807, 2.05) is 35.2 Å². The number of ether oxygens (including phenoxy) is 4. The van der Waals surface area contributed by atoms with E-state index in [9.17, 15) is 23.7 Å². The van der Waals surface area contributed by atoms with E-state index in [2.05, 4.69) is 21.2 Å². The third-order valence-corrected chi connectivity index (χ3v) is 10.8. The van der Waals surface area contributed by atoms with Crippen molar-refractivity contribution in [3.05, 3.63) is 83.6 Å². The molecule has 16 nitrogen and oxygen atoms in total. The third-order valence-electron chi connectivity index (χ3n) is 8.18. The van der Waals surface area contributed by atoms with Crippen LogP contribution in [0.3, 0.4) is 0 Å². The highest BCUT2D eigenvalue weighted by Crippen LogP contribution is 2.40. The van der Waals surface area contributed by atoms with Gasteiger partial charge in [-0.25, -0.2) is 18.4 Å². The Morgan fingerprint density at radius 1 is 1.02 bits per heavy atom. The normalized spacial score (nSPS) is 13.2. The quantitative estimate of drug-likeness (QED) is 0.101. The highest BCUT2D eigenvalue weighted by atomic mass is 32.2. The average molecular weight is 760 g/mol. The van der Waals surface area contributed by atoms with Gasteiger partial charge in [0, 0.05) is 49.3 Å². The summed E-state index contributed by atoms with van der Waals surface area (Å²) in [5.41, 5.74) is 1.78. The number of piperidine rings is 1. The highest BCUT2D eigenvalue weighted by molar-refractivity contribution is 7.99. The van der Waals surface area contributed by atoms with Gasteiger partial charge in [0.25, 0.3) is 9.84 Å². The maximum atomic E-state index is 13.2. The Hall–Kier alpha value is -6.06. The molecule has 0 bridgehead atoms. The number of amides is 1. The van der Waals surface area contributed by atoms with E-state index in [1.54, 1.807) is 18.2 Å². The van der Waals surface area contributed by atoms with Gasteiger partial charge >= 0.3 is 10.9 Å². The minimum atomic E-state index is -4.29. The molecule has 0 aliphatic carbocycles. The fourth-order valence-electron chi connectivity index (χ4n) is 5.68. The van der Waals surface area contributed by atoms with Gasteiger partial charge in [0.05, 0.1) is 42.8 Å². The molecule has 2 aromatic heterocycles. The maximum absolute atomic E-state index is 13.2. The van der Waals surface area contributed by atoms with Crippen LogP contribution in [0.2, 0.25) is 0 Å². The van der Waals surface area contributed by atoms with E-state index < -0.39 is 26.8 Å². The number of carbonyl (C=O) groups excluding carboxylic acids is 1. The van der Waals surface area contributed by atoms with E-state index in [-0.39, 0.29) is 32.2 Å². The van der Waals surface area contributed by atoms with Crippen LogP contribution in [0.4, 0.5) is 11.5 Å². The molecule has 0 spiro atoms. The molecule has 5 aromatic rings. The van der Waals surface area contributed by atoms with Crippen LogP contribution >= 0.6 is 11.8 Å². The maximum Gasteiger partial charge on any atom is 0.415 e. The second-order valence-electron chi connectivity index (χ2n) is 11.4. The molecule has 3 aromatic carbocycles. The van der Waals surface area contributed by atoms with Crippen molar-refractivity contribution in [2.45, 2.75) is 34.0 Å². The topological polar surface area (TPSA) is 206 Å². The molecule has 3 heterocycles. The number of nitrogens with one attached hydrogen (secondary N) is 1. The molecule has 0 saturated carbocycles. The predicted molar refractivity (Wildman–Crippen MR) is 191 cm³/mol. The molecule has 0 atom stereocenters. The number of methoxy groups -OCH3 is 3. The van der Waals surface area contributed by atoms with Crippen LogP contribution in [0, 0.1) is 16.5 Å². The number of carbonyl (C=O) groups is 1. The van der Waals surface area contributed by atoms with E-state index in [1.165, 1.54) is 45.6 Å². The predicted octanol–water partition coefficient (Wildman–Crippen LogP) is 4.27. The summed E-state index contributed by atoms with van der Waals surface area (Å²) in [6.45, 7) is 0.707. The molecule has 1 aliphatic heterocycles. The van der Waals surface area contributed by atoms with Crippen molar-refractivity contribution in [1.29, 1.82) is 5.26 Å². The zero-order chi connectivity index (χ0) is 37.5. The lowest BCUT2D eigenvalue weighted by Gasteiger charge is -2.32. The number of hydrogen-bond donors (Lipinski definition) is 1. The first-order chi connectivity index (χ1) is 25.7. The van der Waals surface area contributed by atoms with Crippen molar-refractivity contribution in [2.75, 3.05) is 50.4 Å². The van der Waals surface area contributed by atoms with E-state index in [0.717, 1.165) is 11.8 Å². The van der Waals surface area contributed by atoms with Gasteiger partial charge in [-0.1, -0.05) is 60.3 Å². The number of benzene rings is 3. The molecule has 0 radical (unpaired) electrons. The number of nitrogens with zero attached hydrogens (tertiary/aromatic N) is 6. The van der Waals surface area contributed by atoms with Crippen molar-refractivity contribution in [2.24, 2.45) is 0 Å². The number of hydrogen-bond acceptors (Lipinski definition) is 15. The minimum absolute atomic E-state index is 0.0578. The summed E-state index contributed by atoms with van der Waals surface area (Å²) in [6.07, 6.45) is 0.201. The fourth-order valence-corrected chi connectivity index (χ4v) is 7.60. The first-order valence-electron chi connectivity index (χ1n) is 16.1. The lowest BCUT2D eigenvalue weighted by Crippen LogP contribution is -2.39. The van der Waals surface area contributed by atoms with Gasteiger partial charge in [-0.3, -0.25) is 9.42 Å². The summed E-state index contributed by atoms with van der Waals surface area (Å²) in [4.78, 5) is 24.1. The number of aromatic nitrogens is 4. The summed E-state index contributed by atoms with van der Waals surface area (Å²) < 4.78 is 53.2. The molecule has 1 saturated heterocycles. The van der Waals surface area contributed by atoms with Gasteiger partial charge in [0.2, 0.25) is 11.7 Å². The molecule has 1 N–H and O–H groups in total. The van der Waals surface area contributed by atoms with Crippen molar-refractivity contribution in [3.8, 4) is 40.5 Å². The summed E-state index contributed by atoms with van der Waals surface area (Å²) in [7, 11) is 0.159. The van der Waals surface area contributed by atoms with Gasteiger partial charge in [-0.2, -0.15) is 5.26 Å². The third kappa shape index (κ3) is 7.90. The average Bonchev–Trinajstić information content (AvgIpc) is 3.57. The molecule has 18 heteroatoms. The Labute approximate surface area is 308 Å². The van der Waals surface area contributed by atoms with E-state index in [4.69, 9.17) is 28.9 Å². The first-order valence-corrected chi connectivity index (χ1v) is 18.5. The number of thioether (sulfide) groups is 1. The van der Waals surface area contributed by atoms with Crippen LogP contribution in [-0.4, -0.2) is 75.7 Å². The molecule has 0 unspecified atom stereocenters. The van der Waals surface area contributed by atoms with E-state index in [0.29, 0.717) is 65.9 Å². The Balaban J connectivity index is 1.20. The molecule has 274 valence electrons. The molecular formula is C35H33N7O9S2. The van der Waals surface area contributed by atoms with Crippen LogP contribution in [0.1, 0.15) is 18.4 Å². The molecule has 1 fully saturated rings. The molecule has 53 heavy (non-hydrogen) atoms. The van der Waals surface area contributed by atoms with Crippen molar-refractivity contribution in [1.82, 2.24) is 15.1 Å². The Bertz CT molecular complexity index is 2220. The van der Waals surface area contributed by atoms with Gasteiger partial charge in [0.1, 0.15) is 17.7 Å². The summed E-state index contributed by atoms with van der Waals surface area (Å²) >= 11 is 1.10. The van der Waals surface area contributed by atoms with Crippen LogP contribution in [0.25, 0.3) is 11.3 Å². The minimum Gasteiger partial charge on any atom is -0.493 e. The zero-order valence-electron chi connectivity index (χ0n) is 28.7. The number of anilines is 2. The fraction of sp³-hybridized carbons (Fsp3) is 0.257. The Kier molecular flexibility index (Phi) is 11.1. The lowest BCUT2D eigenvalue weighted by atomic mass is 10.0. The van der Waals surface area contributed by atoms with Crippen LogP contribution in [0.15, 0.2) is 92.5 Å². The van der Waals surface area contributed by atoms with Crippen LogP contribution in [-0.2, 0) is 14.6 Å². The van der Waals surface area contributed by atoms with Gasteiger partial charge in [-0.15, -0.1) is 0 Å². The monoisotopic (exact) mass is 759 g/mol. The Morgan fingerprint density at radius 2 is 1.66 bits per heavy atom. The number of rotatable bonds is 13. The second-order valence-corrected chi connectivity index (χ2v) is 14.3. The highest BCUT2D eigenvalue weighted by Gasteiger charge is 2.38. The molecular weight excluding hydrogens is 727 g/mol. The van der Waals surface area contributed by atoms with Crippen LogP contribution < -0.4 is 34.1 Å². The van der Waals surface area contributed by atoms with Gasteiger partial charge in [-0.05, 0) is 17.0 Å². The smallest absolute Gasteiger partial charge is 0.415 e. The van der Waals surface area contributed by atoms with Gasteiger partial charge < -0.3 is 34.4 Å². The standard InChI is InChI=1S/C35H33N7O9S2/c1-47-27-18-23(19-28(48-2)31(27)49-3)37-29(43)21-52-35-38-30(22-10-6-4-7-11-22)26(20-36)32(39-35)41-16-14-24(15-17-41)50-33-34(42(44)51-40-33)53(45,46)25-12-8-5-9-13-25/h4-13,18-19,24H,14-17,21H2,1-3H3,(H,37,43). The number of nitriles is 1. The molecule has 6 rings (SSSR count). The second kappa shape index (κ2) is 16.1. The van der Waals surface area contributed by atoms with Crippen molar-refractivity contribution in [3.63, 3.8) is 0 Å².